The third-order valence-electron chi connectivity index (χ3n) is 10.9. The molecule has 4 aromatic carbocycles. The lowest BCUT2D eigenvalue weighted by Gasteiger charge is -2.48. The predicted octanol–water partition coefficient (Wildman–Crippen LogP) is 11.6. The van der Waals surface area contributed by atoms with Crippen molar-refractivity contribution >= 4 is 22.1 Å². The molecule has 0 N–H and O–H groups in total. The van der Waals surface area contributed by atoms with Gasteiger partial charge in [0.25, 0.3) is 0 Å². The smallest absolute Gasteiger partial charge is 0.454 e. The van der Waals surface area contributed by atoms with E-state index in [4.69, 9.17) is 36.9 Å². The van der Waals surface area contributed by atoms with Gasteiger partial charge in [0.2, 0.25) is 6.29 Å². The van der Waals surface area contributed by atoms with Gasteiger partial charge in [-0.15, -0.1) is 0 Å². The molecule has 0 amide bonds. The molecular formula is C48H65O10PSi. The van der Waals surface area contributed by atoms with Crippen LogP contribution in [0.4, 0.5) is 0 Å². The monoisotopic (exact) mass is 860 g/mol. The van der Waals surface area contributed by atoms with Crippen LogP contribution in [0.15, 0.2) is 121 Å². The molecule has 12 heteroatoms. The summed E-state index contributed by atoms with van der Waals surface area (Å²) in [6.07, 6.45) is -5.43. The number of esters is 1. The van der Waals surface area contributed by atoms with Gasteiger partial charge in [-0.3, -0.25) is 18.4 Å². The molecule has 1 aliphatic rings. The van der Waals surface area contributed by atoms with E-state index < -0.39 is 58.2 Å². The first-order chi connectivity index (χ1) is 28.6. The second-order valence-corrected chi connectivity index (χ2v) is 24.5. The zero-order valence-corrected chi connectivity index (χ0v) is 38.6. The molecule has 1 fully saturated rings. The number of phosphoric ester groups is 1. The number of carbonyl (C=O) groups excluding carboxylic acids is 1. The molecule has 5 rings (SSSR count). The highest BCUT2D eigenvalue weighted by atomic mass is 31.2. The third kappa shape index (κ3) is 13.0. The van der Waals surface area contributed by atoms with Gasteiger partial charge in [0, 0.05) is 0 Å². The molecule has 1 saturated heterocycles. The summed E-state index contributed by atoms with van der Waals surface area (Å²) in [4.78, 5) is 14.0. The second kappa shape index (κ2) is 22.0. The summed E-state index contributed by atoms with van der Waals surface area (Å²) < 4.78 is 67.8. The molecule has 1 aliphatic heterocycles. The second-order valence-electron chi connectivity index (χ2n) is 17.4. The Balaban J connectivity index is 1.61. The highest BCUT2D eigenvalue weighted by molar-refractivity contribution is 7.48. The largest absolute Gasteiger partial charge is 0.477 e. The van der Waals surface area contributed by atoms with Gasteiger partial charge in [-0.2, -0.15) is 0 Å². The van der Waals surface area contributed by atoms with Crippen LogP contribution in [0.5, 0.6) is 0 Å². The lowest BCUT2D eigenvalue weighted by Crippen LogP contribution is -2.63. The summed E-state index contributed by atoms with van der Waals surface area (Å²) in [7, 11) is -6.96. The molecule has 4 aromatic rings. The Labute approximate surface area is 358 Å². The van der Waals surface area contributed by atoms with Crippen molar-refractivity contribution in [2.75, 3.05) is 6.61 Å². The summed E-state index contributed by atoms with van der Waals surface area (Å²) >= 11 is 0. The van der Waals surface area contributed by atoms with E-state index in [-0.39, 0.29) is 49.7 Å². The molecule has 326 valence electrons. The maximum absolute atomic E-state index is 15.0. The summed E-state index contributed by atoms with van der Waals surface area (Å²) in [5.74, 6) is -0.536. The number of carbonyl (C=O) groups is 1. The van der Waals surface area contributed by atoms with Crippen molar-refractivity contribution in [1.29, 1.82) is 0 Å². The molecular weight excluding hydrogens is 796 g/mol. The van der Waals surface area contributed by atoms with Crippen LogP contribution in [-0.4, -0.2) is 51.6 Å². The fourth-order valence-corrected chi connectivity index (χ4v) is 14.5. The number of hydrogen-bond donors (Lipinski definition) is 0. The Bertz CT molecular complexity index is 1840. The average Bonchev–Trinajstić information content (AvgIpc) is 3.23. The lowest BCUT2D eigenvalue weighted by molar-refractivity contribution is -0.304. The van der Waals surface area contributed by atoms with Crippen LogP contribution in [0, 0.1) is 5.41 Å². The van der Waals surface area contributed by atoms with Crippen molar-refractivity contribution in [3.63, 3.8) is 0 Å². The van der Waals surface area contributed by atoms with Crippen LogP contribution in [0.1, 0.15) is 84.6 Å². The van der Waals surface area contributed by atoms with E-state index in [0.29, 0.717) is 0 Å². The van der Waals surface area contributed by atoms with Crippen LogP contribution in [0.3, 0.4) is 0 Å². The first-order valence-corrected chi connectivity index (χ1v) is 24.7. The maximum Gasteiger partial charge on any atom is 0.477 e. The van der Waals surface area contributed by atoms with Crippen molar-refractivity contribution in [1.82, 2.24) is 0 Å². The highest BCUT2D eigenvalue weighted by Crippen LogP contribution is 2.54. The lowest BCUT2D eigenvalue weighted by atomic mass is 9.95. The Morgan fingerprint density at radius 1 is 0.600 bits per heavy atom. The zero-order valence-electron chi connectivity index (χ0n) is 36.7. The summed E-state index contributed by atoms with van der Waals surface area (Å²) in [6, 6.07) is 38.2. The number of ether oxygens (including phenoxy) is 4. The molecule has 0 aromatic heterocycles. The highest BCUT2D eigenvalue weighted by Gasteiger charge is 2.55. The van der Waals surface area contributed by atoms with E-state index in [9.17, 15) is 4.79 Å². The minimum Gasteiger partial charge on any atom is -0.454 e. The van der Waals surface area contributed by atoms with Crippen LogP contribution in [0.2, 0.25) is 16.6 Å². The Morgan fingerprint density at radius 2 is 0.983 bits per heavy atom. The third-order valence-corrected chi connectivity index (χ3v) is 18.4. The predicted molar refractivity (Wildman–Crippen MR) is 236 cm³/mol. The fourth-order valence-electron chi connectivity index (χ4n) is 7.86. The van der Waals surface area contributed by atoms with Gasteiger partial charge in [0.05, 0.1) is 38.4 Å². The van der Waals surface area contributed by atoms with Gasteiger partial charge in [0.15, 0.2) is 14.4 Å². The molecule has 0 bridgehead atoms. The van der Waals surface area contributed by atoms with Gasteiger partial charge >= 0.3 is 13.8 Å². The summed E-state index contributed by atoms with van der Waals surface area (Å²) in [5.41, 5.74) is 3.25. The molecule has 1 heterocycles. The van der Waals surface area contributed by atoms with E-state index in [2.05, 4.69) is 41.5 Å². The van der Waals surface area contributed by atoms with E-state index >= 15 is 4.57 Å². The van der Waals surface area contributed by atoms with Gasteiger partial charge in [-0.1, -0.05) is 163 Å². The normalized spacial score (nSPS) is 20.2. The van der Waals surface area contributed by atoms with E-state index in [1.807, 2.05) is 121 Å². The van der Waals surface area contributed by atoms with Crippen LogP contribution in [-0.2, 0) is 72.7 Å². The molecule has 0 spiro atoms. The van der Waals surface area contributed by atoms with Gasteiger partial charge in [0.1, 0.15) is 18.3 Å². The van der Waals surface area contributed by atoms with Crippen molar-refractivity contribution in [3.8, 4) is 0 Å². The molecule has 5 atom stereocenters. The summed E-state index contributed by atoms with van der Waals surface area (Å²) in [5, 5.41) is 0. The molecule has 10 nitrogen and oxygen atoms in total. The maximum atomic E-state index is 15.0. The Kier molecular flexibility index (Phi) is 17.5. The van der Waals surface area contributed by atoms with E-state index in [1.54, 1.807) is 20.8 Å². The standard InChI is InChI=1S/C48H65O10PSi/c1-35(2)60(36(3)4,37(5)6)55-34-42-43(51-30-38-22-14-10-15-23-38)44(52-31-39-24-16-11-17-25-39)45(57-47(49)48(7,8)9)46(56-42)58-59(50,53-32-40-26-18-12-19-27-40)54-33-41-28-20-13-21-29-41/h10-29,35-37,42-46H,30-34H2,1-9H3/t42?,43-,44?,45-,46?/m0/s1. The average molecular weight is 861 g/mol. The van der Waals surface area contributed by atoms with Crippen molar-refractivity contribution < 1.29 is 46.3 Å². The number of phosphoric acid groups is 1. The number of rotatable bonds is 21. The van der Waals surface area contributed by atoms with Gasteiger partial charge in [-0.25, -0.2) is 4.57 Å². The first kappa shape index (κ1) is 47.6. The number of benzene rings is 4. The van der Waals surface area contributed by atoms with Crippen LogP contribution in [0.25, 0.3) is 0 Å². The minimum absolute atomic E-state index is 0.0827. The van der Waals surface area contributed by atoms with Crippen LogP contribution >= 0.6 is 7.82 Å². The molecule has 0 saturated carbocycles. The Hall–Kier alpha value is -3.48. The minimum atomic E-state index is -4.50. The van der Waals surface area contributed by atoms with Crippen molar-refractivity contribution in [2.45, 2.75) is 136 Å². The quantitative estimate of drug-likeness (QED) is 0.0456. The fraction of sp³-hybridized carbons (Fsp3) is 0.479. The SMILES string of the molecule is CC(C)[Si](OCC1OC(OP(=O)(OCc2ccccc2)OCc2ccccc2)[C@@H](OC(=O)C(C)(C)C)C(OCc2ccccc2)[C@H]1OCc1ccccc1)(C(C)C)C(C)C. The number of hydrogen-bond acceptors (Lipinski definition) is 10. The van der Waals surface area contributed by atoms with E-state index in [0.717, 1.165) is 22.3 Å². The van der Waals surface area contributed by atoms with Gasteiger partial charge < -0.3 is 23.4 Å². The Morgan fingerprint density at radius 3 is 1.37 bits per heavy atom. The van der Waals surface area contributed by atoms with E-state index in [1.165, 1.54) is 0 Å². The van der Waals surface area contributed by atoms with Crippen molar-refractivity contribution in [2.24, 2.45) is 5.41 Å². The molecule has 0 aliphatic carbocycles. The first-order valence-electron chi connectivity index (χ1n) is 21.1. The van der Waals surface area contributed by atoms with Gasteiger partial charge in [-0.05, 0) is 59.6 Å². The molecule has 60 heavy (non-hydrogen) atoms. The van der Waals surface area contributed by atoms with Crippen molar-refractivity contribution in [3.05, 3.63) is 144 Å². The topological polar surface area (TPSA) is 108 Å². The van der Waals surface area contributed by atoms with Crippen LogP contribution < -0.4 is 0 Å². The molecule has 0 radical (unpaired) electrons. The zero-order chi connectivity index (χ0) is 43.3. The molecule has 3 unspecified atom stereocenters. The summed E-state index contributed by atoms with van der Waals surface area (Å²) in [6.45, 7) is 18.9.